The van der Waals surface area contributed by atoms with Gasteiger partial charge in [0.2, 0.25) is 5.91 Å². The Hall–Kier alpha value is -3.48. The van der Waals surface area contributed by atoms with Gasteiger partial charge >= 0.3 is 0 Å². The molecule has 7 nitrogen and oxygen atoms in total. The van der Waals surface area contributed by atoms with E-state index in [1.165, 1.54) is 0 Å². The fourth-order valence-corrected chi connectivity index (χ4v) is 3.19. The fourth-order valence-electron chi connectivity index (χ4n) is 3.19. The summed E-state index contributed by atoms with van der Waals surface area (Å²) < 4.78 is 0. The largest absolute Gasteiger partial charge is 0.354 e. The Kier molecular flexibility index (Phi) is 4.19. The van der Waals surface area contributed by atoms with Crippen molar-refractivity contribution in [2.45, 2.75) is 13.3 Å². The van der Waals surface area contributed by atoms with Gasteiger partial charge in [0.25, 0.3) is 11.8 Å². The Morgan fingerprint density at radius 3 is 2.70 bits per heavy atom. The van der Waals surface area contributed by atoms with Crippen LogP contribution in [-0.4, -0.2) is 45.7 Å². The summed E-state index contributed by atoms with van der Waals surface area (Å²) >= 11 is 0. The smallest absolute Gasteiger partial charge is 0.262 e. The second kappa shape index (κ2) is 6.68. The average Bonchev–Trinajstić information content (AvgIpc) is 3.16. The maximum atomic E-state index is 12.4. The molecule has 0 spiro atoms. The molecule has 2 N–H and O–H groups in total. The highest BCUT2D eigenvalue weighted by Gasteiger charge is 2.36. The van der Waals surface area contributed by atoms with E-state index in [-0.39, 0.29) is 12.5 Å². The maximum Gasteiger partial charge on any atom is 0.262 e. The van der Waals surface area contributed by atoms with Gasteiger partial charge < -0.3 is 10.3 Å². The van der Waals surface area contributed by atoms with E-state index in [1.807, 2.05) is 31.2 Å². The first-order chi connectivity index (χ1) is 13.0. The number of nitrogens with one attached hydrogen (secondary N) is 2. The molecule has 0 fully saturated rings. The van der Waals surface area contributed by atoms with Crippen molar-refractivity contribution < 1.29 is 14.4 Å². The van der Waals surface area contributed by atoms with Crippen molar-refractivity contribution in [1.29, 1.82) is 0 Å². The number of H-pyrrole nitrogens is 1. The van der Waals surface area contributed by atoms with Crippen LogP contribution in [-0.2, 0) is 11.2 Å². The summed E-state index contributed by atoms with van der Waals surface area (Å²) in [7, 11) is 0. The highest BCUT2D eigenvalue weighted by molar-refractivity contribution is 6.22. The molecule has 27 heavy (non-hydrogen) atoms. The van der Waals surface area contributed by atoms with Crippen LogP contribution in [0.1, 0.15) is 32.1 Å². The molecule has 7 heteroatoms. The van der Waals surface area contributed by atoms with Crippen LogP contribution in [0.15, 0.2) is 42.5 Å². The highest BCUT2D eigenvalue weighted by atomic mass is 16.2. The van der Waals surface area contributed by atoms with Crippen LogP contribution in [0.5, 0.6) is 0 Å². The van der Waals surface area contributed by atoms with E-state index in [9.17, 15) is 14.4 Å². The average molecular weight is 362 g/mol. The number of imidazole rings is 1. The summed E-state index contributed by atoms with van der Waals surface area (Å²) in [6.07, 6.45) is 0.529. The summed E-state index contributed by atoms with van der Waals surface area (Å²) in [4.78, 5) is 45.6. The molecule has 2 heterocycles. The van der Waals surface area contributed by atoms with Crippen LogP contribution in [0.25, 0.3) is 11.0 Å². The van der Waals surface area contributed by atoms with Gasteiger partial charge in [-0.05, 0) is 31.2 Å². The molecule has 3 amide bonds. The van der Waals surface area contributed by atoms with Crippen molar-refractivity contribution in [2.75, 3.05) is 13.1 Å². The van der Waals surface area contributed by atoms with Crippen LogP contribution in [0.2, 0.25) is 0 Å². The molecule has 1 aliphatic heterocycles. The van der Waals surface area contributed by atoms with Gasteiger partial charge in [-0.1, -0.05) is 23.8 Å². The molecule has 2 aromatic carbocycles. The first kappa shape index (κ1) is 17.0. The summed E-state index contributed by atoms with van der Waals surface area (Å²) in [5, 5.41) is 2.74. The Balaban J connectivity index is 1.34. The number of hydrogen-bond acceptors (Lipinski definition) is 4. The molecule has 4 rings (SSSR count). The Bertz CT molecular complexity index is 1040. The lowest BCUT2D eigenvalue weighted by Gasteiger charge is -2.13. The van der Waals surface area contributed by atoms with Crippen molar-refractivity contribution in [3.63, 3.8) is 0 Å². The number of imide groups is 1. The number of rotatable bonds is 5. The van der Waals surface area contributed by atoms with Gasteiger partial charge in [0.15, 0.2) is 0 Å². The second-order valence-corrected chi connectivity index (χ2v) is 6.55. The zero-order chi connectivity index (χ0) is 19.0. The monoisotopic (exact) mass is 362 g/mol. The third-order valence-corrected chi connectivity index (χ3v) is 4.55. The van der Waals surface area contributed by atoms with E-state index in [1.54, 1.807) is 18.2 Å². The van der Waals surface area contributed by atoms with Gasteiger partial charge in [-0.2, -0.15) is 0 Å². The number of fused-ring (bicyclic) bond motifs is 2. The van der Waals surface area contributed by atoms with E-state index in [0.29, 0.717) is 24.1 Å². The molecule has 136 valence electrons. The molecular weight excluding hydrogens is 344 g/mol. The van der Waals surface area contributed by atoms with E-state index < -0.39 is 11.8 Å². The normalized spacial score (nSPS) is 13.3. The van der Waals surface area contributed by atoms with Crippen LogP contribution in [0.4, 0.5) is 0 Å². The Morgan fingerprint density at radius 2 is 1.89 bits per heavy atom. The third-order valence-electron chi connectivity index (χ3n) is 4.55. The zero-order valence-corrected chi connectivity index (χ0v) is 14.8. The number of aromatic amines is 1. The number of carbonyl (C=O) groups excluding carboxylic acids is 3. The standard InChI is InChI=1S/C20H18N4O3/c1-12-6-7-13-14(10-12)20(27)24(19(13)26)11-18(25)21-9-8-17-22-15-4-2-3-5-16(15)23-17/h2-7,10H,8-9,11H2,1H3,(H,21,25)(H,22,23). The van der Waals surface area contributed by atoms with Gasteiger partial charge in [0.1, 0.15) is 12.4 Å². The number of hydrogen-bond donors (Lipinski definition) is 2. The van der Waals surface area contributed by atoms with Crippen molar-refractivity contribution in [3.05, 3.63) is 65.0 Å². The Morgan fingerprint density at radius 1 is 1.11 bits per heavy atom. The number of carbonyl (C=O) groups is 3. The van der Waals surface area contributed by atoms with Crippen LogP contribution in [0, 0.1) is 6.92 Å². The number of amides is 3. The van der Waals surface area contributed by atoms with Gasteiger partial charge in [-0.25, -0.2) is 4.98 Å². The number of aryl methyl sites for hydroxylation is 1. The molecule has 0 bridgehead atoms. The number of nitrogens with zero attached hydrogens (tertiary/aromatic N) is 2. The first-order valence-electron chi connectivity index (χ1n) is 8.70. The van der Waals surface area contributed by atoms with Gasteiger partial charge in [0.05, 0.1) is 22.2 Å². The minimum absolute atomic E-state index is 0.286. The molecule has 0 atom stereocenters. The summed E-state index contributed by atoms with van der Waals surface area (Å²) in [6, 6.07) is 12.8. The van der Waals surface area contributed by atoms with E-state index >= 15 is 0 Å². The number of para-hydroxylation sites is 2. The Labute approximate surface area is 155 Å². The number of benzene rings is 2. The van der Waals surface area contributed by atoms with Crippen molar-refractivity contribution in [1.82, 2.24) is 20.2 Å². The molecule has 3 aromatic rings. The predicted octanol–water partition coefficient (Wildman–Crippen LogP) is 1.83. The molecule has 1 aromatic heterocycles. The SMILES string of the molecule is Cc1ccc2c(c1)C(=O)N(CC(=O)NCCc1nc3ccccc3[nH]1)C2=O. The second-order valence-electron chi connectivity index (χ2n) is 6.55. The summed E-state index contributed by atoms with van der Waals surface area (Å²) in [5.74, 6) is -0.460. The quantitative estimate of drug-likeness (QED) is 0.677. The van der Waals surface area contributed by atoms with Gasteiger partial charge in [-0.15, -0.1) is 0 Å². The minimum atomic E-state index is -0.428. The van der Waals surface area contributed by atoms with E-state index in [2.05, 4.69) is 15.3 Å². The minimum Gasteiger partial charge on any atom is -0.354 e. The van der Waals surface area contributed by atoms with Crippen molar-refractivity contribution in [2.24, 2.45) is 0 Å². The van der Waals surface area contributed by atoms with E-state index in [0.717, 1.165) is 27.3 Å². The third kappa shape index (κ3) is 3.19. The zero-order valence-electron chi connectivity index (χ0n) is 14.8. The lowest BCUT2D eigenvalue weighted by Crippen LogP contribution is -2.40. The maximum absolute atomic E-state index is 12.4. The van der Waals surface area contributed by atoms with Crippen LogP contribution in [0.3, 0.4) is 0 Å². The molecule has 1 aliphatic rings. The molecule has 0 saturated carbocycles. The number of aromatic nitrogens is 2. The lowest BCUT2D eigenvalue weighted by molar-refractivity contribution is -0.121. The van der Waals surface area contributed by atoms with Gasteiger partial charge in [-0.3, -0.25) is 19.3 Å². The molecule has 0 saturated heterocycles. The van der Waals surface area contributed by atoms with E-state index in [4.69, 9.17) is 0 Å². The lowest BCUT2D eigenvalue weighted by atomic mass is 10.1. The molecule has 0 radical (unpaired) electrons. The predicted molar refractivity (Wildman–Crippen MR) is 99.4 cm³/mol. The summed E-state index contributed by atoms with van der Waals surface area (Å²) in [5.41, 5.74) is 3.42. The topological polar surface area (TPSA) is 95.2 Å². The van der Waals surface area contributed by atoms with Crippen molar-refractivity contribution >= 4 is 28.8 Å². The van der Waals surface area contributed by atoms with Crippen LogP contribution >= 0.6 is 0 Å². The molecular formula is C20H18N4O3. The summed E-state index contributed by atoms with van der Waals surface area (Å²) in [6.45, 7) is 1.93. The van der Waals surface area contributed by atoms with Crippen LogP contribution < -0.4 is 5.32 Å². The fraction of sp³-hybridized carbons (Fsp3) is 0.200. The van der Waals surface area contributed by atoms with Crippen molar-refractivity contribution in [3.8, 4) is 0 Å². The highest BCUT2D eigenvalue weighted by Crippen LogP contribution is 2.23. The van der Waals surface area contributed by atoms with Gasteiger partial charge in [0, 0.05) is 13.0 Å². The molecule has 0 aliphatic carbocycles. The first-order valence-corrected chi connectivity index (χ1v) is 8.70. The molecule has 0 unspecified atom stereocenters.